The van der Waals surface area contributed by atoms with Crippen molar-refractivity contribution in [3.05, 3.63) is 68.7 Å². The summed E-state index contributed by atoms with van der Waals surface area (Å²) in [7, 11) is 0. The van der Waals surface area contributed by atoms with Crippen LogP contribution in [0.5, 0.6) is 0 Å². The van der Waals surface area contributed by atoms with Crippen LogP contribution in [0.2, 0.25) is 10.0 Å². The van der Waals surface area contributed by atoms with E-state index in [1.165, 1.54) is 0 Å². The maximum absolute atomic E-state index is 13.7. The molecule has 4 atom stereocenters. The zero-order valence-corrected chi connectivity index (χ0v) is 18.2. The highest BCUT2D eigenvalue weighted by atomic mass is 35.5. The Balaban J connectivity index is 1.96. The first-order valence-corrected chi connectivity index (χ1v) is 10.9. The van der Waals surface area contributed by atoms with E-state index < -0.39 is 17.9 Å². The van der Waals surface area contributed by atoms with Crippen molar-refractivity contribution >= 4 is 35.1 Å². The number of halogens is 2. The number of amides is 1. The first-order chi connectivity index (χ1) is 14.3. The fourth-order valence-corrected chi connectivity index (χ4v) is 5.43. The van der Waals surface area contributed by atoms with Crippen LogP contribution in [0.4, 0.5) is 0 Å². The van der Waals surface area contributed by atoms with Crippen molar-refractivity contribution in [3.63, 3.8) is 0 Å². The third-order valence-electron chi connectivity index (χ3n) is 6.31. The molecular formula is C23H24Cl2N2O3. The second kappa shape index (κ2) is 8.22. The molecule has 3 N–H and O–H groups in total. The standard InChI is InChI=1S/C23H24Cl2N2O3/c1-12-6-8-14-16(10-12)20(23(29)30)21(15-9-7-13(24)11-17(15)25)27(22(14)28)19-5-3-2-4-18(19)26/h6-11,18-21H,2-5,26H2,1H3,(H,29,30)/t18-,19-,20+,21-/m0/s1. The van der Waals surface area contributed by atoms with E-state index in [0.717, 1.165) is 31.2 Å². The van der Waals surface area contributed by atoms with E-state index in [2.05, 4.69) is 0 Å². The normalized spacial score (nSPS) is 26.4. The van der Waals surface area contributed by atoms with Gasteiger partial charge in [-0.05, 0) is 49.1 Å². The summed E-state index contributed by atoms with van der Waals surface area (Å²) in [6.07, 6.45) is 3.49. The lowest BCUT2D eigenvalue weighted by Crippen LogP contribution is -2.56. The molecule has 1 aliphatic heterocycles. The highest BCUT2D eigenvalue weighted by molar-refractivity contribution is 6.35. The number of carboxylic acids is 1. The number of hydrogen-bond acceptors (Lipinski definition) is 3. The molecule has 4 rings (SSSR count). The third kappa shape index (κ3) is 3.59. The molecule has 1 heterocycles. The third-order valence-corrected chi connectivity index (χ3v) is 6.87. The Kier molecular flexibility index (Phi) is 5.80. The van der Waals surface area contributed by atoms with Gasteiger partial charge < -0.3 is 15.7 Å². The van der Waals surface area contributed by atoms with Crippen LogP contribution in [0.15, 0.2) is 36.4 Å². The number of carbonyl (C=O) groups excluding carboxylic acids is 1. The predicted octanol–water partition coefficient (Wildman–Crippen LogP) is 4.94. The van der Waals surface area contributed by atoms with Crippen LogP contribution in [0, 0.1) is 6.92 Å². The lowest BCUT2D eigenvalue weighted by molar-refractivity contribution is -0.141. The maximum Gasteiger partial charge on any atom is 0.313 e. The molecule has 1 fully saturated rings. The predicted molar refractivity (Wildman–Crippen MR) is 117 cm³/mol. The molecule has 7 heteroatoms. The second-order valence-corrected chi connectivity index (χ2v) is 9.09. The van der Waals surface area contributed by atoms with Gasteiger partial charge in [-0.2, -0.15) is 0 Å². The van der Waals surface area contributed by atoms with Gasteiger partial charge in [0.05, 0.1) is 6.04 Å². The summed E-state index contributed by atoms with van der Waals surface area (Å²) < 4.78 is 0. The average Bonchev–Trinajstić information content (AvgIpc) is 2.68. The highest BCUT2D eigenvalue weighted by Gasteiger charge is 2.48. The number of nitrogens with two attached hydrogens (primary N) is 1. The Bertz CT molecular complexity index is 1010. The van der Waals surface area contributed by atoms with Gasteiger partial charge in [0, 0.05) is 27.7 Å². The molecule has 1 aliphatic carbocycles. The van der Waals surface area contributed by atoms with Crippen LogP contribution in [0.3, 0.4) is 0 Å². The van der Waals surface area contributed by atoms with Crippen LogP contribution in [-0.2, 0) is 4.79 Å². The Morgan fingerprint density at radius 2 is 1.83 bits per heavy atom. The van der Waals surface area contributed by atoms with Gasteiger partial charge in [0.1, 0.15) is 5.92 Å². The van der Waals surface area contributed by atoms with E-state index in [0.29, 0.717) is 26.7 Å². The van der Waals surface area contributed by atoms with Crippen LogP contribution in [0.1, 0.15) is 64.7 Å². The van der Waals surface area contributed by atoms with Crippen LogP contribution >= 0.6 is 23.2 Å². The Morgan fingerprint density at radius 3 is 2.50 bits per heavy atom. The molecule has 0 spiro atoms. The van der Waals surface area contributed by atoms with E-state index in [1.54, 1.807) is 35.2 Å². The summed E-state index contributed by atoms with van der Waals surface area (Å²) in [6, 6.07) is 9.12. The SMILES string of the molecule is Cc1ccc2c(c1)[C@@H](C(=O)O)[C@H](c1ccc(Cl)cc1Cl)N([C@H]1CCCC[C@@H]1N)C2=O. The molecule has 30 heavy (non-hydrogen) atoms. The quantitative estimate of drug-likeness (QED) is 0.699. The van der Waals surface area contributed by atoms with Crippen molar-refractivity contribution in [1.29, 1.82) is 0 Å². The molecule has 0 aromatic heterocycles. The van der Waals surface area contributed by atoms with Crippen molar-refractivity contribution in [2.45, 2.75) is 56.7 Å². The van der Waals surface area contributed by atoms with E-state index in [1.807, 2.05) is 13.0 Å². The number of fused-ring (bicyclic) bond motifs is 1. The number of carbonyl (C=O) groups is 2. The topological polar surface area (TPSA) is 83.6 Å². The van der Waals surface area contributed by atoms with E-state index >= 15 is 0 Å². The maximum atomic E-state index is 13.7. The summed E-state index contributed by atoms with van der Waals surface area (Å²) in [6.45, 7) is 1.89. The first-order valence-electron chi connectivity index (χ1n) is 10.2. The Hall–Kier alpha value is -2.08. The van der Waals surface area contributed by atoms with Crippen LogP contribution in [0.25, 0.3) is 0 Å². The molecule has 2 aromatic rings. The monoisotopic (exact) mass is 446 g/mol. The van der Waals surface area contributed by atoms with Gasteiger partial charge in [0.15, 0.2) is 0 Å². The van der Waals surface area contributed by atoms with Gasteiger partial charge in [-0.25, -0.2) is 0 Å². The van der Waals surface area contributed by atoms with Crippen LogP contribution in [-0.4, -0.2) is 34.0 Å². The number of benzene rings is 2. The van der Waals surface area contributed by atoms with E-state index in [-0.39, 0.29) is 18.0 Å². The van der Waals surface area contributed by atoms with Crippen molar-refractivity contribution in [2.24, 2.45) is 5.73 Å². The lowest BCUT2D eigenvalue weighted by atomic mass is 9.76. The highest BCUT2D eigenvalue weighted by Crippen LogP contribution is 2.47. The molecule has 5 nitrogen and oxygen atoms in total. The molecule has 1 saturated carbocycles. The zero-order valence-electron chi connectivity index (χ0n) is 16.6. The molecule has 0 radical (unpaired) electrons. The Labute approximate surface area is 185 Å². The number of aryl methyl sites for hydroxylation is 1. The average molecular weight is 447 g/mol. The van der Waals surface area contributed by atoms with Crippen LogP contribution < -0.4 is 5.73 Å². The fraction of sp³-hybridized carbons (Fsp3) is 0.391. The molecule has 2 aromatic carbocycles. The minimum Gasteiger partial charge on any atom is -0.481 e. The number of rotatable bonds is 3. The molecule has 2 aliphatic rings. The molecule has 0 saturated heterocycles. The smallest absolute Gasteiger partial charge is 0.313 e. The molecular weight excluding hydrogens is 423 g/mol. The van der Waals surface area contributed by atoms with Crippen molar-refractivity contribution in [1.82, 2.24) is 4.90 Å². The summed E-state index contributed by atoms with van der Waals surface area (Å²) >= 11 is 12.6. The van der Waals surface area contributed by atoms with Crippen molar-refractivity contribution in [3.8, 4) is 0 Å². The van der Waals surface area contributed by atoms with E-state index in [9.17, 15) is 14.7 Å². The second-order valence-electron chi connectivity index (χ2n) is 8.25. The summed E-state index contributed by atoms with van der Waals surface area (Å²) in [5.74, 6) is -2.15. The number of hydrogen-bond donors (Lipinski definition) is 2. The first kappa shape index (κ1) is 21.2. The van der Waals surface area contributed by atoms with Crippen molar-refractivity contribution < 1.29 is 14.7 Å². The molecule has 1 amide bonds. The summed E-state index contributed by atoms with van der Waals surface area (Å²) in [5, 5.41) is 11.1. The minimum atomic E-state index is -1.00. The van der Waals surface area contributed by atoms with Crippen molar-refractivity contribution in [2.75, 3.05) is 0 Å². The van der Waals surface area contributed by atoms with Gasteiger partial charge >= 0.3 is 5.97 Å². The van der Waals surface area contributed by atoms with Gasteiger partial charge in [0.25, 0.3) is 5.91 Å². The lowest BCUT2D eigenvalue weighted by Gasteiger charge is -2.48. The van der Waals surface area contributed by atoms with Gasteiger partial charge in [0.2, 0.25) is 0 Å². The number of aliphatic carboxylic acids is 1. The molecule has 158 valence electrons. The van der Waals surface area contributed by atoms with E-state index in [4.69, 9.17) is 28.9 Å². The number of nitrogens with zero attached hydrogens (tertiary/aromatic N) is 1. The largest absolute Gasteiger partial charge is 0.481 e. The van der Waals surface area contributed by atoms with Gasteiger partial charge in [-0.3, -0.25) is 9.59 Å². The zero-order chi connectivity index (χ0) is 21.6. The fourth-order valence-electron chi connectivity index (χ4n) is 4.91. The van der Waals surface area contributed by atoms with Gasteiger partial charge in [-0.1, -0.05) is 59.8 Å². The Morgan fingerprint density at radius 1 is 1.10 bits per heavy atom. The van der Waals surface area contributed by atoms with Gasteiger partial charge in [-0.15, -0.1) is 0 Å². The summed E-state index contributed by atoms with van der Waals surface area (Å²) in [4.78, 5) is 28.0. The molecule has 0 bridgehead atoms. The number of carboxylic acid groups (broad SMARTS) is 1. The summed E-state index contributed by atoms with van der Waals surface area (Å²) in [5.41, 5.74) is 8.86. The minimum absolute atomic E-state index is 0.194. The molecule has 0 unspecified atom stereocenters.